The van der Waals surface area contributed by atoms with Gasteiger partial charge >= 0.3 is 0 Å². The summed E-state index contributed by atoms with van der Waals surface area (Å²) in [4.78, 5) is 4.25. The van der Waals surface area contributed by atoms with Crippen LogP contribution in [0.25, 0.3) is 11.6 Å². The van der Waals surface area contributed by atoms with E-state index in [0.717, 1.165) is 18.7 Å². The fraction of sp³-hybridized carbons (Fsp3) is 0.375. The summed E-state index contributed by atoms with van der Waals surface area (Å²) in [6.07, 6.45) is 2.31. The number of hydrogen-bond acceptors (Lipinski definition) is 5. The highest BCUT2D eigenvalue weighted by molar-refractivity contribution is 5.51. The number of nitrogens with zero attached hydrogens (tertiary/aromatic N) is 3. The molecule has 0 aliphatic heterocycles. The van der Waals surface area contributed by atoms with Crippen LogP contribution < -0.4 is 5.73 Å². The van der Waals surface area contributed by atoms with E-state index < -0.39 is 0 Å². The van der Waals surface area contributed by atoms with Crippen molar-refractivity contribution in [1.82, 2.24) is 20.3 Å². The third-order valence-electron chi connectivity index (χ3n) is 2.21. The van der Waals surface area contributed by atoms with E-state index in [1.165, 1.54) is 0 Å². The number of H-pyrrole nitrogens is 1. The fourth-order valence-electron chi connectivity index (χ4n) is 1.30. The van der Waals surface area contributed by atoms with Gasteiger partial charge in [-0.05, 0) is 12.8 Å². The van der Waals surface area contributed by atoms with Crippen LogP contribution in [0.5, 0.6) is 0 Å². The van der Waals surface area contributed by atoms with Crippen LogP contribution >= 0.6 is 0 Å². The number of aromatic nitrogens is 4. The van der Waals surface area contributed by atoms with Crippen LogP contribution in [-0.2, 0) is 0 Å². The van der Waals surface area contributed by atoms with Crippen molar-refractivity contribution < 1.29 is 4.52 Å². The highest BCUT2D eigenvalue weighted by Gasteiger charge is 2.29. The minimum absolute atomic E-state index is 0.422. The molecule has 0 spiro atoms. The third kappa shape index (κ3) is 1.15. The Hall–Kier alpha value is -1.85. The predicted octanol–water partition coefficient (Wildman–Crippen LogP) is 0.919. The normalized spacial score (nSPS) is 16.0. The molecule has 2 aromatic rings. The van der Waals surface area contributed by atoms with Crippen LogP contribution in [-0.4, -0.2) is 20.3 Å². The van der Waals surface area contributed by atoms with E-state index in [-0.39, 0.29) is 0 Å². The SMILES string of the molecule is Nc1cc(-c2nc(C3CC3)no2)[nH]n1. The van der Waals surface area contributed by atoms with Crippen molar-refractivity contribution in [3.05, 3.63) is 11.9 Å². The molecule has 72 valence electrons. The molecular formula is C8H9N5O. The summed E-state index contributed by atoms with van der Waals surface area (Å²) in [5, 5.41) is 10.4. The maximum Gasteiger partial charge on any atom is 0.276 e. The number of hydrogen-bond donors (Lipinski definition) is 2. The predicted molar refractivity (Wildman–Crippen MR) is 48.3 cm³/mol. The van der Waals surface area contributed by atoms with Crippen LogP contribution in [0.1, 0.15) is 24.6 Å². The lowest BCUT2D eigenvalue weighted by molar-refractivity contribution is 0.421. The van der Waals surface area contributed by atoms with Gasteiger partial charge in [0.1, 0.15) is 11.5 Å². The van der Waals surface area contributed by atoms with Crippen LogP contribution in [0.2, 0.25) is 0 Å². The minimum atomic E-state index is 0.422. The second kappa shape index (κ2) is 2.57. The first-order valence-electron chi connectivity index (χ1n) is 4.48. The molecule has 0 saturated heterocycles. The van der Waals surface area contributed by atoms with E-state index in [4.69, 9.17) is 10.3 Å². The Morgan fingerprint density at radius 1 is 1.50 bits per heavy atom. The van der Waals surface area contributed by atoms with E-state index in [0.29, 0.717) is 23.3 Å². The summed E-state index contributed by atoms with van der Waals surface area (Å²) in [6, 6.07) is 1.67. The Labute approximate surface area is 79.5 Å². The summed E-state index contributed by atoms with van der Waals surface area (Å²) < 4.78 is 5.08. The molecule has 2 heterocycles. The van der Waals surface area contributed by atoms with E-state index in [1.807, 2.05) is 0 Å². The van der Waals surface area contributed by atoms with Gasteiger partial charge in [0.05, 0.1) is 0 Å². The Bertz CT molecular complexity index is 456. The molecule has 0 unspecified atom stereocenters. The zero-order valence-corrected chi connectivity index (χ0v) is 7.40. The monoisotopic (exact) mass is 191 g/mol. The van der Waals surface area contributed by atoms with Crippen LogP contribution in [0, 0.1) is 0 Å². The zero-order valence-electron chi connectivity index (χ0n) is 7.40. The van der Waals surface area contributed by atoms with Gasteiger partial charge in [0.25, 0.3) is 5.89 Å². The first-order chi connectivity index (χ1) is 6.83. The van der Waals surface area contributed by atoms with Gasteiger partial charge in [0, 0.05) is 12.0 Å². The Kier molecular flexibility index (Phi) is 1.38. The second-order valence-electron chi connectivity index (χ2n) is 3.44. The number of anilines is 1. The van der Waals surface area contributed by atoms with Gasteiger partial charge in [-0.15, -0.1) is 0 Å². The lowest BCUT2D eigenvalue weighted by atomic mass is 10.4. The van der Waals surface area contributed by atoms with Gasteiger partial charge < -0.3 is 10.3 Å². The van der Waals surface area contributed by atoms with Crippen molar-refractivity contribution in [2.45, 2.75) is 18.8 Å². The Balaban J connectivity index is 1.95. The van der Waals surface area contributed by atoms with E-state index in [2.05, 4.69) is 20.3 Å². The Morgan fingerprint density at radius 2 is 2.36 bits per heavy atom. The maximum atomic E-state index is 5.46. The molecule has 6 nitrogen and oxygen atoms in total. The van der Waals surface area contributed by atoms with Gasteiger partial charge in [-0.2, -0.15) is 10.1 Å². The quantitative estimate of drug-likeness (QED) is 0.736. The van der Waals surface area contributed by atoms with Crippen LogP contribution in [0.15, 0.2) is 10.6 Å². The molecule has 1 aliphatic rings. The molecule has 3 N–H and O–H groups in total. The molecule has 0 amide bonds. The van der Waals surface area contributed by atoms with Crippen molar-refractivity contribution in [2.75, 3.05) is 5.73 Å². The van der Waals surface area contributed by atoms with E-state index >= 15 is 0 Å². The second-order valence-corrected chi connectivity index (χ2v) is 3.44. The summed E-state index contributed by atoms with van der Waals surface area (Å²) in [5.41, 5.74) is 6.13. The average Bonchev–Trinajstić information content (AvgIpc) is 2.76. The lowest BCUT2D eigenvalue weighted by Gasteiger charge is -1.82. The number of rotatable bonds is 2. The standard InChI is InChI=1S/C8H9N5O/c9-6-3-5(11-12-6)8-10-7(13-14-8)4-1-2-4/h3-4H,1-2H2,(H3,9,11,12). The number of nitrogen functional groups attached to an aromatic ring is 1. The fourth-order valence-corrected chi connectivity index (χ4v) is 1.30. The largest absolute Gasteiger partial charge is 0.382 e. The highest BCUT2D eigenvalue weighted by atomic mass is 16.5. The smallest absolute Gasteiger partial charge is 0.276 e. The van der Waals surface area contributed by atoms with Gasteiger partial charge in [-0.1, -0.05) is 5.16 Å². The molecule has 1 fully saturated rings. The van der Waals surface area contributed by atoms with Crippen molar-refractivity contribution in [2.24, 2.45) is 0 Å². The molecule has 3 rings (SSSR count). The summed E-state index contributed by atoms with van der Waals surface area (Å²) >= 11 is 0. The maximum absolute atomic E-state index is 5.46. The summed E-state index contributed by atoms with van der Waals surface area (Å²) in [6.45, 7) is 0. The topological polar surface area (TPSA) is 93.6 Å². The van der Waals surface area contributed by atoms with Gasteiger partial charge in [-0.3, -0.25) is 5.10 Å². The Morgan fingerprint density at radius 3 is 3.00 bits per heavy atom. The average molecular weight is 191 g/mol. The van der Waals surface area contributed by atoms with Gasteiger partial charge in [0.15, 0.2) is 5.82 Å². The molecule has 0 aromatic carbocycles. The molecular weight excluding hydrogens is 182 g/mol. The zero-order chi connectivity index (χ0) is 9.54. The highest BCUT2D eigenvalue weighted by Crippen LogP contribution is 2.38. The van der Waals surface area contributed by atoms with E-state index in [9.17, 15) is 0 Å². The van der Waals surface area contributed by atoms with E-state index in [1.54, 1.807) is 6.07 Å². The first kappa shape index (κ1) is 7.54. The molecule has 0 radical (unpaired) electrons. The van der Waals surface area contributed by atoms with Crippen molar-refractivity contribution >= 4 is 5.82 Å². The summed E-state index contributed by atoms with van der Waals surface area (Å²) in [7, 11) is 0. The lowest BCUT2D eigenvalue weighted by Crippen LogP contribution is -1.82. The molecule has 14 heavy (non-hydrogen) atoms. The van der Waals surface area contributed by atoms with Crippen molar-refractivity contribution in [1.29, 1.82) is 0 Å². The number of aromatic amines is 1. The van der Waals surface area contributed by atoms with Crippen LogP contribution in [0.3, 0.4) is 0 Å². The van der Waals surface area contributed by atoms with Crippen molar-refractivity contribution in [3.8, 4) is 11.6 Å². The third-order valence-corrected chi connectivity index (χ3v) is 2.21. The minimum Gasteiger partial charge on any atom is -0.382 e. The molecule has 0 bridgehead atoms. The molecule has 2 aromatic heterocycles. The number of nitrogens with two attached hydrogens (primary N) is 1. The molecule has 0 atom stereocenters. The van der Waals surface area contributed by atoms with Gasteiger partial charge in [0.2, 0.25) is 0 Å². The molecule has 1 aliphatic carbocycles. The number of nitrogens with one attached hydrogen (secondary N) is 1. The van der Waals surface area contributed by atoms with Gasteiger partial charge in [-0.25, -0.2) is 0 Å². The molecule has 1 saturated carbocycles. The summed E-state index contributed by atoms with van der Waals surface area (Å²) in [5.74, 6) is 2.16. The first-order valence-corrected chi connectivity index (χ1v) is 4.48. The van der Waals surface area contributed by atoms with Crippen molar-refractivity contribution in [3.63, 3.8) is 0 Å². The molecule has 6 heteroatoms. The van der Waals surface area contributed by atoms with Crippen LogP contribution in [0.4, 0.5) is 5.82 Å².